The smallest absolute Gasteiger partial charge is 0.231 e. The number of hydrogen-bond donors (Lipinski definition) is 0. The molecule has 5 heteroatoms. The molecule has 3 atom stereocenters. The van der Waals surface area contributed by atoms with Crippen LogP contribution in [0.2, 0.25) is 0 Å². The highest BCUT2D eigenvalue weighted by molar-refractivity contribution is 7.73. The van der Waals surface area contributed by atoms with Gasteiger partial charge in [-0.25, -0.2) is 4.99 Å². The topological polar surface area (TPSA) is 40.0 Å². The van der Waals surface area contributed by atoms with Gasteiger partial charge in [-0.3, -0.25) is 0 Å². The number of nitrogens with zero attached hydrogens (tertiary/aromatic N) is 1. The van der Waals surface area contributed by atoms with E-state index in [4.69, 9.17) is 19.2 Å². The second kappa shape index (κ2) is 8.83. The van der Waals surface area contributed by atoms with E-state index < -0.39 is 7.92 Å². The molecule has 0 radical (unpaired) electrons. The molecule has 0 spiro atoms. The van der Waals surface area contributed by atoms with Crippen molar-refractivity contribution in [2.24, 2.45) is 10.9 Å². The molecule has 0 amide bonds. The molecule has 2 aliphatic heterocycles. The Balaban J connectivity index is 1.31. The minimum Gasteiger partial charge on any atom is -0.473 e. The van der Waals surface area contributed by atoms with E-state index in [2.05, 4.69) is 67.6 Å². The molecule has 1 fully saturated rings. The van der Waals surface area contributed by atoms with Crippen LogP contribution in [0, 0.1) is 5.92 Å². The normalized spacial score (nSPS) is 23.0. The predicted octanol–water partition coefficient (Wildman–Crippen LogP) is 5.38. The van der Waals surface area contributed by atoms with Gasteiger partial charge in [-0.1, -0.05) is 67.1 Å². The van der Waals surface area contributed by atoms with E-state index in [1.54, 1.807) is 0 Å². The highest BCUT2D eigenvalue weighted by Crippen LogP contribution is 2.51. The number of aliphatic imine (C=N–C) groups is 1. The Bertz CT molecular complexity index is 1130. The zero-order valence-corrected chi connectivity index (χ0v) is 19.7. The van der Waals surface area contributed by atoms with Gasteiger partial charge in [0.1, 0.15) is 6.61 Å². The molecular weight excluding hydrogens is 429 g/mol. The fourth-order valence-electron chi connectivity index (χ4n) is 5.48. The molecule has 0 N–H and O–H groups in total. The molecule has 1 saturated carbocycles. The third-order valence-electron chi connectivity index (χ3n) is 7.07. The Morgan fingerprint density at radius 1 is 0.848 bits per heavy atom. The monoisotopic (exact) mass is 457 g/mol. The minimum absolute atomic E-state index is 0.196. The maximum absolute atomic E-state index is 6.04. The molecule has 0 bridgehead atoms. The van der Waals surface area contributed by atoms with Crippen LogP contribution in [0.3, 0.4) is 0 Å². The number of rotatable bonds is 5. The van der Waals surface area contributed by atoms with Crippen LogP contribution in [-0.4, -0.2) is 24.4 Å². The highest BCUT2D eigenvalue weighted by Gasteiger charge is 2.38. The summed E-state index contributed by atoms with van der Waals surface area (Å²) < 4.78 is 17.2. The summed E-state index contributed by atoms with van der Waals surface area (Å²) in [6, 6.07) is 26.4. The van der Waals surface area contributed by atoms with Crippen LogP contribution >= 0.6 is 7.92 Å². The van der Waals surface area contributed by atoms with Gasteiger partial charge in [0.2, 0.25) is 12.7 Å². The van der Waals surface area contributed by atoms with Gasteiger partial charge in [-0.05, 0) is 62.0 Å². The third-order valence-corrected chi connectivity index (χ3v) is 10.1. The molecule has 0 saturated heterocycles. The van der Waals surface area contributed by atoms with Crippen molar-refractivity contribution >= 4 is 24.4 Å². The van der Waals surface area contributed by atoms with Crippen molar-refractivity contribution in [2.45, 2.75) is 44.5 Å². The first-order chi connectivity index (χ1) is 16.3. The van der Waals surface area contributed by atoms with Gasteiger partial charge >= 0.3 is 0 Å². The molecule has 0 aromatic heterocycles. The summed E-state index contributed by atoms with van der Waals surface area (Å²) in [4.78, 5) is 5.15. The molecule has 3 aliphatic rings. The number of fused-ring (bicyclic) bond motifs is 2. The summed E-state index contributed by atoms with van der Waals surface area (Å²) in [6.07, 6.45) is 3.74. The fourth-order valence-corrected chi connectivity index (χ4v) is 8.75. The molecule has 1 aliphatic carbocycles. The van der Waals surface area contributed by atoms with Crippen molar-refractivity contribution in [3.63, 3.8) is 0 Å². The molecule has 4 nitrogen and oxygen atoms in total. The Kier molecular flexibility index (Phi) is 5.55. The van der Waals surface area contributed by atoms with Crippen molar-refractivity contribution in [3.05, 3.63) is 83.9 Å². The lowest BCUT2D eigenvalue weighted by atomic mass is 9.99. The lowest BCUT2D eigenvalue weighted by molar-refractivity contribution is 0.173. The van der Waals surface area contributed by atoms with E-state index in [-0.39, 0.29) is 12.8 Å². The van der Waals surface area contributed by atoms with Crippen LogP contribution in [-0.2, 0) is 11.3 Å². The summed E-state index contributed by atoms with van der Waals surface area (Å²) in [5, 5.41) is 2.93. The summed E-state index contributed by atoms with van der Waals surface area (Å²) in [6.45, 7) is 3.11. The van der Waals surface area contributed by atoms with Crippen molar-refractivity contribution in [1.29, 1.82) is 0 Å². The predicted molar refractivity (Wildman–Crippen MR) is 134 cm³/mol. The Morgan fingerprint density at radius 3 is 2.21 bits per heavy atom. The van der Waals surface area contributed by atoms with Gasteiger partial charge in [-0.2, -0.15) is 0 Å². The zero-order valence-electron chi connectivity index (χ0n) is 18.8. The standard InChI is InChI=1S/C28H28NO3P/c1-19(29-28-24-16-26-25(31-18-32-26)15-20(24)17-30-28)23-13-8-14-27(23)33(21-9-4-2-5-10-21)22-11-6-3-7-12-22/h2-7,9-12,15-16,19,23,27H,8,13-14,17-18H2,1H3/t19-,23?,27?/m1/s1. The van der Waals surface area contributed by atoms with Crippen molar-refractivity contribution in [2.75, 3.05) is 6.79 Å². The molecular formula is C28H28NO3P. The second-order valence-corrected chi connectivity index (χ2v) is 11.5. The van der Waals surface area contributed by atoms with Gasteiger partial charge in [0.05, 0.1) is 6.04 Å². The van der Waals surface area contributed by atoms with Crippen LogP contribution in [0.4, 0.5) is 0 Å². The van der Waals surface area contributed by atoms with Gasteiger partial charge in [0.15, 0.2) is 11.5 Å². The van der Waals surface area contributed by atoms with Crippen LogP contribution in [0.5, 0.6) is 11.5 Å². The number of benzene rings is 3. The number of ether oxygens (including phenoxy) is 3. The summed E-state index contributed by atoms with van der Waals surface area (Å²) in [5.74, 6) is 2.88. The lowest BCUT2D eigenvalue weighted by Crippen LogP contribution is -2.30. The van der Waals surface area contributed by atoms with E-state index in [9.17, 15) is 0 Å². The van der Waals surface area contributed by atoms with Crippen LogP contribution < -0.4 is 20.1 Å². The van der Waals surface area contributed by atoms with E-state index in [1.807, 2.05) is 12.1 Å². The first-order valence-electron chi connectivity index (χ1n) is 11.8. The maximum Gasteiger partial charge on any atom is 0.231 e. The first-order valence-corrected chi connectivity index (χ1v) is 13.2. The van der Waals surface area contributed by atoms with Crippen molar-refractivity contribution in [3.8, 4) is 11.5 Å². The fraction of sp³-hybridized carbons (Fsp3) is 0.321. The molecule has 2 heterocycles. The third kappa shape index (κ3) is 3.91. The van der Waals surface area contributed by atoms with E-state index in [0.29, 0.717) is 18.2 Å². The minimum atomic E-state index is -0.445. The highest BCUT2D eigenvalue weighted by atomic mass is 31.1. The van der Waals surface area contributed by atoms with E-state index in [1.165, 1.54) is 29.9 Å². The number of hydrogen-bond acceptors (Lipinski definition) is 4. The summed E-state index contributed by atoms with van der Waals surface area (Å²) in [7, 11) is -0.445. The molecule has 3 aromatic carbocycles. The van der Waals surface area contributed by atoms with Crippen LogP contribution in [0.25, 0.3) is 0 Å². The zero-order chi connectivity index (χ0) is 22.2. The van der Waals surface area contributed by atoms with Crippen molar-refractivity contribution < 1.29 is 14.2 Å². The summed E-state index contributed by atoms with van der Waals surface area (Å²) in [5.41, 5.74) is 2.79. The first kappa shape index (κ1) is 20.7. The molecule has 3 aromatic rings. The maximum atomic E-state index is 6.04. The Morgan fingerprint density at radius 2 is 1.52 bits per heavy atom. The summed E-state index contributed by atoms with van der Waals surface area (Å²) >= 11 is 0. The molecule has 2 unspecified atom stereocenters. The van der Waals surface area contributed by atoms with Gasteiger partial charge in [0, 0.05) is 11.1 Å². The van der Waals surface area contributed by atoms with Crippen LogP contribution in [0.15, 0.2) is 77.8 Å². The molecule has 6 rings (SSSR count). The quantitative estimate of drug-likeness (QED) is 0.483. The Hall–Kier alpha value is -2.84. The van der Waals surface area contributed by atoms with Gasteiger partial charge < -0.3 is 14.2 Å². The SMILES string of the molecule is C[C@@H](N=C1OCc2cc3c(cc21)OCO3)C1CCCC1P(c1ccccc1)c1ccccc1. The van der Waals surface area contributed by atoms with E-state index in [0.717, 1.165) is 28.5 Å². The van der Waals surface area contributed by atoms with Gasteiger partial charge in [0.25, 0.3) is 0 Å². The van der Waals surface area contributed by atoms with Gasteiger partial charge in [-0.15, -0.1) is 0 Å². The Labute approximate surface area is 196 Å². The average Bonchev–Trinajstić information content (AvgIpc) is 3.60. The van der Waals surface area contributed by atoms with E-state index >= 15 is 0 Å². The van der Waals surface area contributed by atoms with Crippen LogP contribution in [0.1, 0.15) is 37.3 Å². The largest absolute Gasteiger partial charge is 0.473 e. The molecule has 33 heavy (non-hydrogen) atoms. The average molecular weight is 458 g/mol. The van der Waals surface area contributed by atoms with Crippen molar-refractivity contribution in [1.82, 2.24) is 0 Å². The molecule has 168 valence electrons. The lowest BCUT2D eigenvalue weighted by Gasteiger charge is -2.32. The second-order valence-electron chi connectivity index (χ2n) is 9.03.